The fourth-order valence-corrected chi connectivity index (χ4v) is 2.02. The van der Waals surface area contributed by atoms with Crippen molar-refractivity contribution in [1.82, 2.24) is 5.32 Å². The van der Waals surface area contributed by atoms with Crippen molar-refractivity contribution in [2.24, 2.45) is 0 Å². The fraction of sp³-hybridized carbons (Fsp3) is 0.158. The van der Waals surface area contributed by atoms with Gasteiger partial charge < -0.3 is 20.1 Å². The van der Waals surface area contributed by atoms with Crippen molar-refractivity contribution in [2.45, 2.75) is 0 Å². The normalized spacial score (nSPS) is 9.63. The first-order chi connectivity index (χ1) is 13.0. The van der Waals surface area contributed by atoms with Crippen LogP contribution in [0.4, 0.5) is 5.69 Å². The SMILES string of the molecule is COc1ccc(C(=O)NCC(=O)OCC(=O)Nc2ccc(C#N)cc2)cc1. The second kappa shape index (κ2) is 9.58. The molecule has 2 N–H and O–H groups in total. The number of nitrogens with zero attached hydrogens (tertiary/aromatic N) is 1. The Hall–Kier alpha value is -3.86. The molecule has 0 bridgehead atoms. The summed E-state index contributed by atoms with van der Waals surface area (Å²) in [6, 6.07) is 14.6. The van der Waals surface area contributed by atoms with E-state index >= 15 is 0 Å². The van der Waals surface area contributed by atoms with Gasteiger partial charge in [-0.25, -0.2) is 0 Å². The van der Waals surface area contributed by atoms with Crippen LogP contribution in [0.25, 0.3) is 0 Å². The van der Waals surface area contributed by atoms with Crippen LogP contribution in [-0.2, 0) is 14.3 Å². The summed E-state index contributed by atoms with van der Waals surface area (Å²) in [6.07, 6.45) is 0. The molecule has 27 heavy (non-hydrogen) atoms. The van der Waals surface area contributed by atoms with Crippen molar-refractivity contribution in [3.63, 3.8) is 0 Å². The van der Waals surface area contributed by atoms with E-state index in [0.717, 1.165) is 0 Å². The van der Waals surface area contributed by atoms with Gasteiger partial charge in [-0.15, -0.1) is 0 Å². The maximum Gasteiger partial charge on any atom is 0.325 e. The van der Waals surface area contributed by atoms with Crippen LogP contribution >= 0.6 is 0 Å². The molecule has 0 heterocycles. The van der Waals surface area contributed by atoms with E-state index < -0.39 is 24.4 Å². The third-order valence-corrected chi connectivity index (χ3v) is 3.41. The standard InChI is InChI=1S/C19H17N3O5/c1-26-16-8-4-14(5-9-16)19(25)21-11-18(24)27-12-17(23)22-15-6-2-13(10-20)3-7-15/h2-9H,11-12H2,1H3,(H,21,25)(H,22,23). The van der Waals surface area contributed by atoms with Crippen LogP contribution in [-0.4, -0.2) is 38.0 Å². The van der Waals surface area contributed by atoms with Gasteiger partial charge in [-0.1, -0.05) is 0 Å². The highest BCUT2D eigenvalue weighted by Gasteiger charge is 2.11. The Bertz CT molecular complexity index is 854. The van der Waals surface area contributed by atoms with Crippen LogP contribution in [0.15, 0.2) is 48.5 Å². The molecule has 138 valence electrons. The Morgan fingerprint density at radius 2 is 1.70 bits per heavy atom. The number of esters is 1. The minimum atomic E-state index is -0.744. The number of nitriles is 1. The highest BCUT2D eigenvalue weighted by molar-refractivity contribution is 5.96. The van der Waals surface area contributed by atoms with Gasteiger partial charge in [0.15, 0.2) is 6.61 Å². The van der Waals surface area contributed by atoms with Gasteiger partial charge in [0.1, 0.15) is 12.3 Å². The zero-order valence-electron chi connectivity index (χ0n) is 14.5. The molecule has 0 aliphatic carbocycles. The first-order valence-electron chi connectivity index (χ1n) is 7.89. The minimum absolute atomic E-state index is 0.363. The lowest BCUT2D eigenvalue weighted by molar-refractivity contribution is -0.146. The lowest BCUT2D eigenvalue weighted by atomic mass is 10.2. The number of carbonyl (C=O) groups excluding carboxylic acids is 3. The van der Waals surface area contributed by atoms with Gasteiger partial charge in [-0.3, -0.25) is 14.4 Å². The van der Waals surface area contributed by atoms with E-state index in [1.165, 1.54) is 7.11 Å². The summed E-state index contributed by atoms with van der Waals surface area (Å²) in [7, 11) is 1.52. The summed E-state index contributed by atoms with van der Waals surface area (Å²) in [4.78, 5) is 35.3. The van der Waals surface area contributed by atoms with Crippen LogP contribution in [0.2, 0.25) is 0 Å². The Morgan fingerprint density at radius 3 is 2.30 bits per heavy atom. The lowest BCUT2D eigenvalue weighted by Crippen LogP contribution is -2.32. The van der Waals surface area contributed by atoms with Gasteiger partial charge >= 0.3 is 5.97 Å². The molecule has 2 rings (SSSR count). The van der Waals surface area contributed by atoms with Gasteiger partial charge in [0.05, 0.1) is 18.7 Å². The molecular formula is C19H17N3O5. The van der Waals surface area contributed by atoms with Gasteiger partial charge in [-0.05, 0) is 48.5 Å². The van der Waals surface area contributed by atoms with E-state index in [0.29, 0.717) is 22.6 Å². The number of rotatable bonds is 7. The second-order valence-corrected chi connectivity index (χ2v) is 5.31. The summed E-state index contributed by atoms with van der Waals surface area (Å²) < 4.78 is 9.80. The van der Waals surface area contributed by atoms with E-state index in [1.54, 1.807) is 48.5 Å². The Labute approximate surface area is 155 Å². The molecule has 0 unspecified atom stereocenters. The third kappa shape index (κ3) is 6.17. The van der Waals surface area contributed by atoms with Crippen molar-refractivity contribution < 1.29 is 23.9 Å². The first-order valence-corrected chi connectivity index (χ1v) is 7.89. The molecule has 0 aliphatic heterocycles. The quantitative estimate of drug-likeness (QED) is 0.716. The summed E-state index contributed by atoms with van der Waals surface area (Å²) in [5, 5.41) is 13.6. The number of amides is 2. The molecule has 8 heteroatoms. The van der Waals surface area contributed by atoms with E-state index in [4.69, 9.17) is 14.7 Å². The molecule has 0 atom stereocenters. The van der Waals surface area contributed by atoms with E-state index in [1.807, 2.05) is 6.07 Å². The number of nitrogens with one attached hydrogen (secondary N) is 2. The fourth-order valence-electron chi connectivity index (χ4n) is 2.02. The monoisotopic (exact) mass is 367 g/mol. The summed E-state index contributed by atoms with van der Waals surface area (Å²) >= 11 is 0. The van der Waals surface area contributed by atoms with E-state index in [2.05, 4.69) is 10.6 Å². The minimum Gasteiger partial charge on any atom is -0.497 e. The summed E-state index contributed by atoms with van der Waals surface area (Å²) in [6.45, 7) is -0.855. The lowest BCUT2D eigenvalue weighted by Gasteiger charge is -2.08. The predicted octanol–water partition coefficient (Wildman–Crippen LogP) is 1.48. The molecule has 0 saturated heterocycles. The Balaban J connectivity index is 1.72. The topological polar surface area (TPSA) is 118 Å². The average molecular weight is 367 g/mol. The predicted molar refractivity (Wildman–Crippen MR) is 96.1 cm³/mol. The maximum absolute atomic E-state index is 11.9. The molecule has 0 fully saturated rings. The highest BCUT2D eigenvalue weighted by Crippen LogP contribution is 2.11. The molecule has 0 aromatic heterocycles. The maximum atomic E-state index is 11.9. The molecule has 2 aromatic rings. The second-order valence-electron chi connectivity index (χ2n) is 5.31. The van der Waals surface area contributed by atoms with Crippen LogP contribution < -0.4 is 15.4 Å². The van der Waals surface area contributed by atoms with Crippen molar-refractivity contribution >= 4 is 23.5 Å². The zero-order valence-corrected chi connectivity index (χ0v) is 14.5. The third-order valence-electron chi connectivity index (χ3n) is 3.41. The van der Waals surface area contributed by atoms with Gasteiger partial charge in [0.25, 0.3) is 11.8 Å². The van der Waals surface area contributed by atoms with Gasteiger partial charge in [0.2, 0.25) is 0 Å². The molecular weight excluding hydrogens is 350 g/mol. The number of hydrogen-bond donors (Lipinski definition) is 2. The molecule has 0 spiro atoms. The molecule has 0 radical (unpaired) electrons. The number of hydrogen-bond acceptors (Lipinski definition) is 6. The number of methoxy groups -OCH3 is 1. The summed E-state index contributed by atoms with van der Waals surface area (Å²) in [5.41, 5.74) is 1.30. The summed E-state index contributed by atoms with van der Waals surface area (Å²) in [5.74, 6) is -1.11. The van der Waals surface area contributed by atoms with Crippen molar-refractivity contribution in [1.29, 1.82) is 5.26 Å². The molecule has 0 aliphatic rings. The van der Waals surface area contributed by atoms with Crippen molar-refractivity contribution in [3.05, 3.63) is 59.7 Å². The van der Waals surface area contributed by atoms with Crippen LogP contribution in [0.1, 0.15) is 15.9 Å². The Morgan fingerprint density at radius 1 is 1.04 bits per heavy atom. The number of benzene rings is 2. The Kier molecular flexibility index (Phi) is 6.91. The number of ether oxygens (including phenoxy) is 2. The number of anilines is 1. The van der Waals surface area contributed by atoms with Gasteiger partial charge in [-0.2, -0.15) is 5.26 Å². The van der Waals surface area contributed by atoms with Crippen LogP contribution in [0.5, 0.6) is 5.75 Å². The average Bonchev–Trinajstić information content (AvgIpc) is 2.71. The smallest absolute Gasteiger partial charge is 0.325 e. The van der Waals surface area contributed by atoms with Gasteiger partial charge in [0, 0.05) is 11.3 Å². The first kappa shape index (κ1) is 19.5. The van der Waals surface area contributed by atoms with E-state index in [-0.39, 0.29) is 6.54 Å². The number of carbonyl (C=O) groups is 3. The molecule has 8 nitrogen and oxygen atoms in total. The van der Waals surface area contributed by atoms with Crippen molar-refractivity contribution in [2.75, 3.05) is 25.6 Å². The largest absolute Gasteiger partial charge is 0.497 e. The zero-order chi connectivity index (χ0) is 19.6. The van der Waals surface area contributed by atoms with Crippen molar-refractivity contribution in [3.8, 4) is 11.8 Å². The molecule has 0 saturated carbocycles. The van der Waals surface area contributed by atoms with Crippen LogP contribution in [0.3, 0.4) is 0 Å². The molecule has 2 amide bonds. The van der Waals surface area contributed by atoms with Crippen LogP contribution in [0, 0.1) is 11.3 Å². The van der Waals surface area contributed by atoms with E-state index in [9.17, 15) is 14.4 Å². The highest BCUT2D eigenvalue weighted by atomic mass is 16.5. The molecule has 2 aromatic carbocycles.